The zero-order valence-corrected chi connectivity index (χ0v) is 11.2. The fourth-order valence-corrected chi connectivity index (χ4v) is 2.29. The zero-order chi connectivity index (χ0) is 13.1. The van der Waals surface area contributed by atoms with Crippen LogP contribution in [0.4, 0.5) is 5.00 Å². The van der Waals surface area contributed by atoms with Crippen molar-refractivity contribution in [1.29, 1.82) is 0 Å². The Morgan fingerprint density at radius 1 is 1.06 bits per heavy atom. The van der Waals surface area contributed by atoms with Gasteiger partial charge in [-0.3, -0.25) is 0 Å². The average Bonchev–Trinajstić information content (AvgIpc) is 2.82. The highest BCUT2D eigenvalue weighted by molar-refractivity contribution is 7.14. The van der Waals surface area contributed by atoms with E-state index in [1.165, 1.54) is 11.3 Å². The van der Waals surface area contributed by atoms with E-state index in [1.54, 1.807) is 32.9 Å². The van der Waals surface area contributed by atoms with Crippen LogP contribution >= 0.6 is 11.3 Å². The highest BCUT2D eigenvalue weighted by Crippen LogP contribution is 2.45. The fraction of sp³-hybridized carbons (Fsp3) is 0.250. The molecule has 0 atom stereocenters. The van der Waals surface area contributed by atoms with Gasteiger partial charge in [0, 0.05) is 5.56 Å². The number of rotatable bonds is 4. The summed E-state index contributed by atoms with van der Waals surface area (Å²) in [6.45, 7) is 0. The predicted molar refractivity (Wildman–Crippen MR) is 71.6 cm³/mol. The monoisotopic (exact) mass is 266 g/mol. The van der Waals surface area contributed by atoms with Crippen LogP contribution in [0.1, 0.15) is 0 Å². The number of nitrogens with two attached hydrogens (primary N) is 1. The Balaban J connectivity index is 2.66. The number of aromatic nitrogens is 1. The van der Waals surface area contributed by atoms with Crippen molar-refractivity contribution in [3.05, 3.63) is 17.6 Å². The molecular weight excluding hydrogens is 252 g/mol. The topological polar surface area (TPSA) is 66.6 Å². The molecule has 0 unspecified atom stereocenters. The third-order valence-corrected chi connectivity index (χ3v) is 3.21. The van der Waals surface area contributed by atoms with Crippen LogP contribution in [0.5, 0.6) is 17.2 Å². The minimum absolute atomic E-state index is 0.532. The maximum atomic E-state index is 5.89. The summed E-state index contributed by atoms with van der Waals surface area (Å²) in [6.07, 6.45) is 0. The normalized spacial score (nSPS) is 10.2. The Morgan fingerprint density at radius 3 is 2.28 bits per heavy atom. The van der Waals surface area contributed by atoms with Crippen molar-refractivity contribution in [2.75, 3.05) is 27.1 Å². The van der Waals surface area contributed by atoms with Crippen LogP contribution in [0.15, 0.2) is 17.6 Å². The Labute approximate surface area is 109 Å². The molecule has 0 aliphatic rings. The zero-order valence-electron chi connectivity index (χ0n) is 10.4. The molecule has 0 aliphatic heterocycles. The van der Waals surface area contributed by atoms with Crippen LogP contribution in [0.25, 0.3) is 11.3 Å². The summed E-state index contributed by atoms with van der Waals surface area (Å²) < 4.78 is 15.9. The van der Waals surface area contributed by atoms with Gasteiger partial charge in [0.2, 0.25) is 5.75 Å². The lowest BCUT2D eigenvalue weighted by atomic mass is 10.1. The Morgan fingerprint density at radius 2 is 1.78 bits per heavy atom. The highest BCUT2D eigenvalue weighted by atomic mass is 32.1. The maximum absolute atomic E-state index is 5.89. The summed E-state index contributed by atoms with van der Waals surface area (Å²) >= 11 is 1.38. The van der Waals surface area contributed by atoms with E-state index in [4.69, 9.17) is 19.9 Å². The summed E-state index contributed by atoms with van der Waals surface area (Å²) in [5.74, 6) is 1.70. The predicted octanol–water partition coefficient (Wildman–Crippen LogP) is 2.42. The fourth-order valence-electron chi connectivity index (χ4n) is 1.75. The number of hydrogen-bond donors (Lipinski definition) is 1. The van der Waals surface area contributed by atoms with Crippen molar-refractivity contribution in [2.24, 2.45) is 0 Å². The number of methoxy groups -OCH3 is 3. The van der Waals surface area contributed by atoms with E-state index in [9.17, 15) is 0 Å². The van der Waals surface area contributed by atoms with Gasteiger partial charge in [-0.15, -0.1) is 11.3 Å². The van der Waals surface area contributed by atoms with Crippen molar-refractivity contribution < 1.29 is 14.2 Å². The third kappa shape index (κ3) is 1.95. The van der Waals surface area contributed by atoms with Crippen LogP contribution in [0, 0.1) is 0 Å². The van der Waals surface area contributed by atoms with Crippen LogP contribution in [0.2, 0.25) is 0 Å². The van der Waals surface area contributed by atoms with Crippen LogP contribution in [-0.4, -0.2) is 26.3 Å². The SMILES string of the molecule is COc1ccc(-c2ncsc2N)c(OC)c1OC. The van der Waals surface area contributed by atoms with E-state index in [1.807, 2.05) is 6.07 Å². The smallest absolute Gasteiger partial charge is 0.203 e. The molecule has 0 amide bonds. The summed E-state index contributed by atoms with van der Waals surface area (Å²) in [5.41, 5.74) is 9.06. The Hall–Kier alpha value is -1.95. The van der Waals surface area contributed by atoms with Crippen molar-refractivity contribution in [2.45, 2.75) is 0 Å². The lowest BCUT2D eigenvalue weighted by Crippen LogP contribution is -1.97. The molecule has 6 heteroatoms. The third-order valence-electron chi connectivity index (χ3n) is 2.55. The van der Waals surface area contributed by atoms with Crippen molar-refractivity contribution in [3.63, 3.8) is 0 Å². The minimum Gasteiger partial charge on any atom is -0.493 e. The van der Waals surface area contributed by atoms with E-state index >= 15 is 0 Å². The molecule has 2 aromatic rings. The Bertz CT molecular complexity index is 554. The van der Waals surface area contributed by atoms with Gasteiger partial charge in [-0.2, -0.15) is 0 Å². The lowest BCUT2D eigenvalue weighted by Gasteiger charge is -2.14. The van der Waals surface area contributed by atoms with Gasteiger partial charge in [0.1, 0.15) is 10.7 Å². The molecule has 0 spiro atoms. The molecule has 2 N–H and O–H groups in total. The summed E-state index contributed by atoms with van der Waals surface area (Å²) in [7, 11) is 4.71. The van der Waals surface area contributed by atoms with Crippen molar-refractivity contribution >= 4 is 16.3 Å². The number of anilines is 1. The van der Waals surface area contributed by atoms with Gasteiger partial charge < -0.3 is 19.9 Å². The minimum atomic E-state index is 0.532. The number of thiazole rings is 1. The standard InChI is InChI=1S/C12H14N2O3S/c1-15-8-5-4-7(9-12(13)18-6-14-9)10(16-2)11(8)17-3/h4-6H,13H2,1-3H3. The number of nitrogens with zero attached hydrogens (tertiary/aromatic N) is 1. The molecule has 0 saturated heterocycles. The number of ether oxygens (including phenoxy) is 3. The van der Waals surface area contributed by atoms with Crippen LogP contribution in [0.3, 0.4) is 0 Å². The van der Waals surface area contributed by atoms with Gasteiger partial charge in [0.25, 0.3) is 0 Å². The van der Waals surface area contributed by atoms with Crippen LogP contribution < -0.4 is 19.9 Å². The second kappa shape index (κ2) is 5.14. The highest BCUT2D eigenvalue weighted by Gasteiger charge is 2.19. The average molecular weight is 266 g/mol. The van der Waals surface area contributed by atoms with Gasteiger partial charge in [-0.25, -0.2) is 4.98 Å². The summed E-state index contributed by atoms with van der Waals surface area (Å²) in [4.78, 5) is 4.24. The molecule has 5 nitrogen and oxygen atoms in total. The first-order valence-electron chi connectivity index (χ1n) is 5.21. The molecule has 1 aromatic carbocycles. The molecule has 18 heavy (non-hydrogen) atoms. The van der Waals surface area contributed by atoms with Crippen molar-refractivity contribution in [3.8, 4) is 28.5 Å². The Kier molecular flexibility index (Phi) is 3.57. The first-order valence-corrected chi connectivity index (χ1v) is 6.09. The molecule has 1 aromatic heterocycles. The number of hydrogen-bond acceptors (Lipinski definition) is 6. The van der Waals surface area contributed by atoms with Crippen LogP contribution in [-0.2, 0) is 0 Å². The quantitative estimate of drug-likeness (QED) is 0.920. The molecule has 2 rings (SSSR count). The lowest BCUT2D eigenvalue weighted by molar-refractivity contribution is 0.325. The van der Waals surface area contributed by atoms with Gasteiger partial charge in [-0.1, -0.05) is 0 Å². The first kappa shape index (κ1) is 12.5. The van der Waals surface area contributed by atoms with E-state index in [-0.39, 0.29) is 0 Å². The molecule has 96 valence electrons. The van der Waals surface area contributed by atoms with E-state index < -0.39 is 0 Å². The number of benzene rings is 1. The maximum Gasteiger partial charge on any atom is 0.203 e. The van der Waals surface area contributed by atoms with Gasteiger partial charge in [-0.05, 0) is 12.1 Å². The molecular formula is C12H14N2O3S. The molecule has 0 radical (unpaired) electrons. The van der Waals surface area contributed by atoms with E-state index in [2.05, 4.69) is 4.98 Å². The molecule has 0 bridgehead atoms. The second-order valence-corrected chi connectivity index (χ2v) is 4.33. The molecule has 0 fully saturated rings. The van der Waals surface area contributed by atoms with Gasteiger partial charge >= 0.3 is 0 Å². The van der Waals surface area contributed by atoms with Gasteiger partial charge in [0.15, 0.2) is 11.5 Å². The van der Waals surface area contributed by atoms with E-state index in [0.29, 0.717) is 27.9 Å². The molecule has 1 heterocycles. The summed E-state index contributed by atoms with van der Waals surface area (Å²) in [5, 5.41) is 0.639. The largest absolute Gasteiger partial charge is 0.493 e. The second-order valence-electron chi connectivity index (χ2n) is 3.45. The van der Waals surface area contributed by atoms with E-state index in [0.717, 1.165) is 5.56 Å². The van der Waals surface area contributed by atoms with Gasteiger partial charge in [0.05, 0.1) is 26.8 Å². The summed E-state index contributed by atoms with van der Waals surface area (Å²) in [6, 6.07) is 3.65. The molecule has 0 saturated carbocycles. The number of nitrogen functional groups attached to an aromatic ring is 1. The molecule has 0 aliphatic carbocycles. The van der Waals surface area contributed by atoms with Crippen molar-refractivity contribution in [1.82, 2.24) is 4.98 Å². The first-order chi connectivity index (χ1) is 8.72.